The third-order valence-electron chi connectivity index (χ3n) is 2.02. The van der Waals surface area contributed by atoms with Crippen LogP contribution in [0.5, 0.6) is 0 Å². The Labute approximate surface area is 95.7 Å². The van der Waals surface area contributed by atoms with Crippen LogP contribution in [0.2, 0.25) is 0 Å². The number of hydrogen-bond donors (Lipinski definition) is 0. The van der Waals surface area contributed by atoms with Gasteiger partial charge in [-0.1, -0.05) is 30.3 Å². The van der Waals surface area contributed by atoms with Crippen molar-refractivity contribution in [3.8, 4) is 0 Å². The van der Waals surface area contributed by atoms with Gasteiger partial charge < -0.3 is 9.47 Å². The monoisotopic (exact) mass is 220 g/mol. The smallest absolute Gasteiger partial charge is 0.331 e. The molecule has 0 unspecified atom stereocenters. The Morgan fingerprint density at radius 2 is 2.00 bits per heavy atom. The Kier molecular flexibility index (Phi) is 5.29. The second-order valence-corrected chi connectivity index (χ2v) is 3.22. The standard InChI is InChI=1S/C13H16O3/c1-3-16-13(14)9-12(10-15-2)11-7-5-4-6-8-11/h4-9H,3,10H2,1-2H3/b12-9+. The van der Waals surface area contributed by atoms with Crippen LogP contribution in [0.25, 0.3) is 5.57 Å². The third kappa shape index (κ3) is 3.87. The molecule has 1 rings (SSSR count). The van der Waals surface area contributed by atoms with Gasteiger partial charge in [0.15, 0.2) is 0 Å². The summed E-state index contributed by atoms with van der Waals surface area (Å²) >= 11 is 0. The van der Waals surface area contributed by atoms with E-state index >= 15 is 0 Å². The van der Waals surface area contributed by atoms with E-state index in [4.69, 9.17) is 9.47 Å². The number of benzene rings is 1. The minimum atomic E-state index is -0.335. The van der Waals surface area contributed by atoms with Gasteiger partial charge in [-0.3, -0.25) is 0 Å². The second kappa shape index (κ2) is 6.80. The molecule has 16 heavy (non-hydrogen) atoms. The van der Waals surface area contributed by atoms with Crippen molar-refractivity contribution >= 4 is 11.5 Å². The van der Waals surface area contributed by atoms with Crippen molar-refractivity contribution in [2.75, 3.05) is 20.3 Å². The van der Waals surface area contributed by atoms with Crippen molar-refractivity contribution in [3.05, 3.63) is 42.0 Å². The van der Waals surface area contributed by atoms with E-state index in [1.54, 1.807) is 14.0 Å². The SMILES string of the molecule is CCOC(=O)/C=C(\COC)c1ccccc1. The Morgan fingerprint density at radius 3 is 2.56 bits per heavy atom. The van der Waals surface area contributed by atoms with Gasteiger partial charge in [-0.25, -0.2) is 4.79 Å². The maximum absolute atomic E-state index is 11.3. The molecule has 0 saturated carbocycles. The zero-order valence-electron chi connectivity index (χ0n) is 9.60. The molecule has 3 heteroatoms. The van der Waals surface area contributed by atoms with Crippen molar-refractivity contribution in [2.24, 2.45) is 0 Å². The summed E-state index contributed by atoms with van der Waals surface area (Å²) in [5.74, 6) is -0.335. The van der Waals surface area contributed by atoms with Gasteiger partial charge in [0.2, 0.25) is 0 Å². The van der Waals surface area contributed by atoms with Crippen LogP contribution in [0, 0.1) is 0 Å². The van der Waals surface area contributed by atoms with Gasteiger partial charge in [-0.05, 0) is 18.1 Å². The van der Waals surface area contributed by atoms with E-state index in [1.165, 1.54) is 6.08 Å². The Hall–Kier alpha value is -1.61. The van der Waals surface area contributed by atoms with E-state index in [9.17, 15) is 4.79 Å². The lowest BCUT2D eigenvalue weighted by Crippen LogP contribution is -2.03. The number of hydrogen-bond acceptors (Lipinski definition) is 3. The van der Waals surface area contributed by atoms with E-state index in [0.29, 0.717) is 13.2 Å². The Morgan fingerprint density at radius 1 is 1.31 bits per heavy atom. The summed E-state index contributed by atoms with van der Waals surface area (Å²) in [6.07, 6.45) is 1.47. The van der Waals surface area contributed by atoms with Crippen LogP contribution in [-0.2, 0) is 14.3 Å². The summed E-state index contributed by atoms with van der Waals surface area (Å²) < 4.78 is 9.93. The summed E-state index contributed by atoms with van der Waals surface area (Å²) in [6, 6.07) is 9.64. The molecule has 1 aromatic carbocycles. The fraction of sp³-hybridized carbons (Fsp3) is 0.308. The maximum atomic E-state index is 11.3. The lowest BCUT2D eigenvalue weighted by Gasteiger charge is -2.06. The van der Waals surface area contributed by atoms with Crippen LogP contribution in [0.15, 0.2) is 36.4 Å². The summed E-state index contributed by atoms with van der Waals surface area (Å²) in [6.45, 7) is 2.55. The van der Waals surface area contributed by atoms with Crippen molar-refractivity contribution in [2.45, 2.75) is 6.92 Å². The summed E-state index contributed by atoms with van der Waals surface area (Å²) in [5, 5.41) is 0. The number of rotatable bonds is 5. The zero-order valence-corrected chi connectivity index (χ0v) is 9.60. The molecule has 0 radical (unpaired) electrons. The van der Waals surface area contributed by atoms with E-state index < -0.39 is 0 Å². The second-order valence-electron chi connectivity index (χ2n) is 3.22. The first kappa shape index (κ1) is 12.5. The number of carbonyl (C=O) groups is 1. The van der Waals surface area contributed by atoms with Gasteiger partial charge in [0.05, 0.1) is 13.2 Å². The molecule has 3 nitrogen and oxygen atoms in total. The van der Waals surface area contributed by atoms with E-state index in [1.807, 2.05) is 30.3 Å². The van der Waals surface area contributed by atoms with Crippen molar-refractivity contribution in [1.29, 1.82) is 0 Å². The van der Waals surface area contributed by atoms with Crippen LogP contribution in [0.4, 0.5) is 0 Å². The van der Waals surface area contributed by atoms with Gasteiger partial charge in [0.1, 0.15) is 0 Å². The highest BCUT2D eigenvalue weighted by atomic mass is 16.5. The van der Waals surface area contributed by atoms with Gasteiger partial charge in [0.25, 0.3) is 0 Å². The topological polar surface area (TPSA) is 35.5 Å². The molecule has 0 aromatic heterocycles. The molecular weight excluding hydrogens is 204 g/mol. The van der Waals surface area contributed by atoms with Crippen molar-refractivity contribution in [3.63, 3.8) is 0 Å². The quantitative estimate of drug-likeness (QED) is 0.564. The maximum Gasteiger partial charge on any atom is 0.331 e. The molecule has 0 atom stereocenters. The highest BCUT2D eigenvalue weighted by Crippen LogP contribution is 2.14. The van der Waals surface area contributed by atoms with Crippen molar-refractivity contribution < 1.29 is 14.3 Å². The molecule has 86 valence electrons. The lowest BCUT2D eigenvalue weighted by molar-refractivity contribution is -0.137. The van der Waals surface area contributed by atoms with Gasteiger partial charge in [-0.2, -0.15) is 0 Å². The average Bonchev–Trinajstić information content (AvgIpc) is 2.30. The van der Waals surface area contributed by atoms with Crippen LogP contribution in [0.3, 0.4) is 0 Å². The van der Waals surface area contributed by atoms with Crippen LogP contribution in [-0.4, -0.2) is 26.3 Å². The first-order chi connectivity index (χ1) is 7.77. The van der Waals surface area contributed by atoms with Crippen LogP contribution in [0.1, 0.15) is 12.5 Å². The largest absolute Gasteiger partial charge is 0.463 e. The predicted octanol–water partition coefficient (Wildman–Crippen LogP) is 2.28. The minimum absolute atomic E-state index is 0.335. The molecule has 0 N–H and O–H groups in total. The molecule has 0 aliphatic heterocycles. The lowest BCUT2D eigenvalue weighted by atomic mass is 10.1. The molecule has 0 aliphatic rings. The van der Waals surface area contributed by atoms with E-state index in [0.717, 1.165) is 11.1 Å². The molecule has 0 aliphatic carbocycles. The number of ether oxygens (including phenoxy) is 2. The summed E-state index contributed by atoms with van der Waals surface area (Å²) in [5.41, 5.74) is 1.79. The summed E-state index contributed by atoms with van der Waals surface area (Å²) in [4.78, 5) is 11.3. The van der Waals surface area contributed by atoms with Gasteiger partial charge in [0, 0.05) is 13.2 Å². The molecule has 0 amide bonds. The Balaban J connectivity index is 2.86. The van der Waals surface area contributed by atoms with Gasteiger partial charge >= 0.3 is 5.97 Å². The summed E-state index contributed by atoms with van der Waals surface area (Å²) in [7, 11) is 1.60. The fourth-order valence-corrected chi connectivity index (χ4v) is 1.34. The van der Waals surface area contributed by atoms with Gasteiger partial charge in [-0.15, -0.1) is 0 Å². The first-order valence-electron chi connectivity index (χ1n) is 5.19. The average molecular weight is 220 g/mol. The predicted molar refractivity (Wildman–Crippen MR) is 62.9 cm³/mol. The highest BCUT2D eigenvalue weighted by Gasteiger charge is 2.04. The molecule has 0 fully saturated rings. The molecule has 0 saturated heterocycles. The van der Waals surface area contributed by atoms with E-state index in [-0.39, 0.29) is 5.97 Å². The number of methoxy groups -OCH3 is 1. The minimum Gasteiger partial charge on any atom is -0.463 e. The molecule has 1 aromatic rings. The number of carbonyl (C=O) groups excluding carboxylic acids is 1. The molecule has 0 bridgehead atoms. The Bertz CT molecular complexity index is 355. The van der Waals surface area contributed by atoms with Crippen LogP contribution < -0.4 is 0 Å². The highest BCUT2D eigenvalue weighted by molar-refractivity contribution is 5.91. The molecule has 0 spiro atoms. The number of esters is 1. The van der Waals surface area contributed by atoms with E-state index in [2.05, 4.69) is 0 Å². The van der Waals surface area contributed by atoms with Crippen LogP contribution >= 0.6 is 0 Å². The third-order valence-corrected chi connectivity index (χ3v) is 2.02. The van der Waals surface area contributed by atoms with Crippen molar-refractivity contribution in [1.82, 2.24) is 0 Å². The normalized spacial score (nSPS) is 11.2. The molecular formula is C13H16O3. The zero-order chi connectivity index (χ0) is 11.8. The first-order valence-corrected chi connectivity index (χ1v) is 5.19. The molecule has 0 heterocycles. The fourth-order valence-electron chi connectivity index (χ4n) is 1.34.